The predicted octanol–water partition coefficient (Wildman–Crippen LogP) is 1.78. The van der Waals surface area contributed by atoms with Crippen LogP contribution in [0.4, 0.5) is 0 Å². The Bertz CT molecular complexity index is 477. The van der Waals surface area contributed by atoms with E-state index in [0.717, 1.165) is 43.2 Å². The highest BCUT2D eigenvalue weighted by Crippen LogP contribution is 2.25. The second kappa shape index (κ2) is 5.46. The van der Waals surface area contributed by atoms with Gasteiger partial charge in [0.2, 0.25) is 0 Å². The summed E-state index contributed by atoms with van der Waals surface area (Å²) in [6.45, 7) is 8.17. The summed E-state index contributed by atoms with van der Waals surface area (Å²) in [6, 6.07) is 1.14. The van der Waals surface area contributed by atoms with Crippen molar-refractivity contribution in [3.05, 3.63) is 17.0 Å². The number of amides is 1. The molecule has 0 radical (unpaired) electrons. The topological polar surface area (TPSA) is 70.1 Å². The summed E-state index contributed by atoms with van der Waals surface area (Å²) < 4.78 is 7.51. The van der Waals surface area contributed by atoms with Crippen LogP contribution >= 0.6 is 0 Å². The number of aromatic nitrogens is 2. The summed E-state index contributed by atoms with van der Waals surface area (Å²) in [7, 11) is -1.06. The van der Waals surface area contributed by atoms with E-state index < -0.39 is 14.0 Å². The molecule has 1 aromatic rings. The van der Waals surface area contributed by atoms with E-state index in [2.05, 4.69) is 24.7 Å². The largest absolute Gasteiger partial charge is 0.364 e. The van der Waals surface area contributed by atoms with Crippen molar-refractivity contribution in [3.63, 3.8) is 0 Å². The molecule has 0 spiro atoms. The molecule has 106 valence electrons. The van der Waals surface area contributed by atoms with Crippen LogP contribution in [0.5, 0.6) is 0 Å². The Balaban J connectivity index is 1.98. The minimum absolute atomic E-state index is 0.431. The molecule has 1 aromatic heterocycles. The molecule has 0 saturated carbocycles. The molecule has 19 heavy (non-hydrogen) atoms. The Hall–Kier alpha value is -1.14. The maximum Gasteiger partial charge on any atom is 0.269 e. The minimum atomic E-state index is -1.06. The third kappa shape index (κ3) is 3.45. The van der Waals surface area contributed by atoms with Crippen molar-refractivity contribution in [3.8, 4) is 0 Å². The zero-order valence-corrected chi connectivity index (χ0v) is 13.0. The van der Waals surface area contributed by atoms with Gasteiger partial charge >= 0.3 is 0 Å². The van der Waals surface area contributed by atoms with Crippen LogP contribution in [0.1, 0.15) is 28.2 Å². The third-order valence-corrected chi connectivity index (χ3v) is 5.15. The van der Waals surface area contributed by atoms with Crippen LogP contribution in [0, 0.1) is 0 Å². The Labute approximate surface area is 115 Å². The first kappa shape index (κ1) is 14.3. The van der Waals surface area contributed by atoms with E-state index in [1.54, 1.807) is 0 Å². The van der Waals surface area contributed by atoms with Gasteiger partial charge in [0.25, 0.3) is 5.91 Å². The minimum Gasteiger partial charge on any atom is -0.364 e. The number of hydrogen-bond donors (Lipinski definition) is 1. The van der Waals surface area contributed by atoms with Gasteiger partial charge < -0.3 is 10.5 Å². The molecule has 0 bridgehead atoms. The van der Waals surface area contributed by atoms with Crippen LogP contribution in [-0.2, 0) is 24.3 Å². The number of hydrogen-bond acceptors (Lipinski definition) is 3. The van der Waals surface area contributed by atoms with Crippen LogP contribution in [0.3, 0.4) is 0 Å². The molecule has 0 atom stereocenters. The Morgan fingerprint density at radius 3 is 2.79 bits per heavy atom. The Kier molecular flexibility index (Phi) is 4.10. The van der Waals surface area contributed by atoms with Crippen LogP contribution in [0.25, 0.3) is 0 Å². The number of fused-ring (bicyclic) bond motifs is 1. The second-order valence-corrected chi connectivity index (χ2v) is 12.0. The zero-order chi connectivity index (χ0) is 14.0. The molecule has 1 amide bonds. The molecule has 1 aliphatic rings. The van der Waals surface area contributed by atoms with Gasteiger partial charge in [-0.3, -0.25) is 4.79 Å². The number of carbonyl (C=O) groups excluding carboxylic acids is 1. The molecule has 0 aromatic carbocycles. The summed E-state index contributed by atoms with van der Waals surface area (Å²) in [5, 5.41) is 4.29. The van der Waals surface area contributed by atoms with Crippen molar-refractivity contribution in [2.75, 3.05) is 6.61 Å². The van der Waals surface area contributed by atoms with Crippen molar-refractivity contribution >= 4 is 14.0 Å². The molecule has 1 aliphatic carbocycles. The Morgan fingerprint density at radius 2 is 2.16 bits per heavy atom. The van der Waals surface area contributed by atoms with Gasteiger partial charge in [-0.15, -0.1) is 0 Å². The number of nitrogens with zero attached hydrogens (tertiary/aromatic N) is 2. The van der Waals surface area contributed by atoms with Gasteiger partial charge in [-0.25, -0.2) is 4.68 Å². The first-order valence-electron chi connectivity index (χ1n) is 6.84. The monoisotopic (exact) mass is 281 g/mol. The molecule has 0 aliphatic heterocycles. The molecule has 6 heteroatoms. The van der Waals surface area contributed by atoms with Crippen LogP contribution < -0.4 is 5.73 Å². The normalized spacial score (nSPS) is 14.7. The first-order chi connectivity index (χ1) is 8.88. The number of primary amides is 1. The number of carbonyl (C=O) groups is 1. The van der Waals surface area contributed by atoms with Crippen LogP contribution in [-0.4, -0.2) is 30.4 Å². The molecule has 1 heterocycles. The Morgan fingerprint density at radius 1 is 1.42 bits per heavy atom. The van der Waals surface area contributed by atoms with Crippen molar-refractivity contribution in [2.45, 2.75) is 51.7 Å². The number of nitrogens with two attached hydrogens (primary N) is 1. The third-order valence-electron chi connectivity index (χ3n) is 3.45. The van der Waals surface area contributed by atoms with Crippen molar-refractivity contribution in [1.82, 2.24) is 9.78 Å². The van der Waals surface area contributed by atoms with Gasteiger partial charge in [0.1, 0.15) is 6.73 Å². The molecule has 2 rings (SSSR count). The van der Waals surface area contributed by atoms with Crippen LogP contribution in [0.2, 0.25) is 25.7 Å². The number of rotatable bonds is 6. The fourth-order valence-corrected chi connectivity index (χ4v) is 3.10. The summed E-state index contributed by atoms with van der Waals surface area (Å²) >= 11 is 0. The van der Waals surface area contributed by atoms with Crippen LogP contribution in [0.15, 0.2) is 0 Å². The van der Waals surface area contributed by atoms with Gasteiger partial charge in [0.05, 0.1) is 0 Å². The molecule has 5 nitrogen and oxygen atoms in total. The summed E-state index contributed by atoms with van der Waals surface area (Å²) in [5.74, 6) is -0.431. The number of ether oxygens (including phenoxy) is 1. The average Bonchev–Trinajstić information content (AvgIpc) is 2.84. The van der Waals surface area contributed by atoms with E-state index >= 15 is 0 Å². The lowest BCUT2D eigenvalue weighted by atomic mass is 10.2. The van der Waals surface area contributed by atoms with Gasteiger partial charge in [-0.2, -0.15) is 5.10 Å². The van der Waals surface area contributed by atoms with Crippen molar-refractivity contribution in [2.24, 2.45) is 5.73 Å². The fraction of sp³-hybridized carbons (Fsp3) is 0.692. The van der Waals surface area contributed by atoms with Crippen molar-refractivity contribution < 1.29 is 9.53 Å². The molecule has 0 saturated heterocycles. The van der Waals surface area contributed by atoms with E-state index in [9.17, 15) is 4.79 Å². The second-order valence-electron chi connectivity index (χ2n) is 6.34. The highest BCUT2D eigenvalue weighted by molar-refractivity contribution is 6.76. The SMILES string of the molecule is C[Si](C)(C)CCOCn1nc(C(N)=O)c2c1CCC2. The lowest BCUT2D eigenvalue weighted by Crippen LogP contribution is -2.22. The van der Waals surface area contributed by atoms with Gasteiger partial charge in [-0.05, 0) is 25.3 Å². The maximum absolute atomic E-state index is 11.3. The molecular weight excluding hydrogens is 258 g/mol. The van der Waals surface area contributed by atoms with E-state index in [-0.39, 0.29) is 0 Å². The molecule has 0 unspecified atom stereocenters. The smallest absolute Gasteiger partial charge is 0.269 e. The summed E-state index contributed by atoms with van der Waals surface area (Å²) in [6.07, 6.45) is 2.94. The predicted molar refractivity (Wildman–Crippen MR) is 76.9 cm³/mol. The highest BCUT2D eigenvalue weighted by Gasteiger charge is 2.25. The van der Waals surface area contributed by atoms with Gasteiger partial charge in [0.15, 0.2) is 5.69 Å². The zero-order valence-electron chi connectivity index (χ0n) is 12.0. The molecule has 2 N–H and O–H groups in total. The van der Waals surface area contributed by atoms with Gasteiger partial charge in [-0.1, -0.05) is 19.6 Å². The maximum atomic E-state index is 11.3. The quantitative estimate of drug-likeness (QED) is 0.638. The van der Waals surface area contributed by atoms with Gasteiger partial charge in [0, 0.05) is 25.9 Å². The van der Waals surface area contributed by atoms with Crippen molar-refractivity contribution in [1.29, 1.82) is 0 Å². The molecular formula is C13H23N3O2Si. The lowest BCUT2D eigenvalue weighted by Gasteiger charge is -2.15. The standard InChI is InChI=1S/C13H23N3O2Si/c1-19(2,3)8-7-18-9-16-11-6-4-5-10(11)12(15-16)13(14)17/h4-9H2,1-3H3,(H2,14,17). The average molecular weight is 281 g/mol. The first-order valence-corrected chi connectivity index (χ1v) is 10.6. The molecule has 0 fully saturated rings. The lowest BCUT2D eigenvalue weighted by molar-refractivity contribution is 0.0759. The van der Waals surface area contributed by atoms with E-state index in [1.807, 2.05) is 4.68 Å². The highest BCUT2D eigenvalue weighted by atomic mass is 28.3. The van der Waals surface area contributed by atoms with E-state index in [4.69, 9.17) is 10.5 Å². The summed E-state index contributed by atoms with van der Waals surface area (Å²) in [5.41, 5.74) is 7.95. The van der Waals surface area contributed by atoms with E-state index in [1.165, 1.54) is 0 Å². The van der Waals surface area contributed by atoms with E-state index in [0.29, 0.717) is 12.4 Å². The summed E-state index contributed by atoms with van der Waals surface area (Å²) in [4.78, 5) is 11.3. The fourth-order valence-electron chi connectivity index (χ4n) is 2.34.